The first-order valence-electron chi connectivity index (χ1n) is 9.54. The Morgan fingerprint density at radius 2 is 1.90 bits per heavy atom. The minimum atomic E-state index is -0.438. The van der Waals surface area contributed by atoms with Crippen LogP contribution in [0.15, 0.2) is 18.2 Å². The number of hydrogen-bond acceptors (Lipinski definition) is 5. The van der Waals surface area contributed by atoms with E-state index in [4.69, 9.17) is 0 Å². The molecule has 1 atom stereocenters. The smallest absolute Gasteiger partial charge is 0.315 e. The highest BCUT2D eigenvalue weighted by molar-refractivity contribution is 6.01. The van der Waals surface area contributed by atoms with Crippen molar-refractivity contribution in [2.24, 2.45) is 0 Å². The first kappa shape index (κ1) is 23.8. The quantitative estimate of drug-likeness (QED) is 0.307. The van der Waals surface area contributed by atoms with Gasteiger partial charge < -0.3 is 16.0 Å². The topological polar surface area (TPSA) is 133 Å². The van der Waals surface area contributed by atoms with E-state index in [1.807, 2.05) is 12.2 Å². The molecule has 0 aliphatic rings. The van der Waals surface area contributed by atoms with Crippen LogP contribution in [0.1, 0.15) is 65.8 Å². The van der Waals surface area contributed by atoms with E-state index in [0.717, 1.165) is 12.8 Å². The molecule has 1 aromatic carbocycles. The molecule has 9 nitrogen and oxygen atoms in total. The van der Waals surface area contributed by atoms with Crippen LogP contribution >= 0.6 is 0 Å². The Labute approximate surface area is 170 Å². The van der Waals surface area contributed by atoms with Gasteiger partial charge in [0.1, 0.15) is 0 Å². The van der Waals surface area contributed by atoms with Gasteiger partial charge in [-0.3, -0.25) is 24.5 Å². The SMILES string of the molecule is CCCCNC(=O)NCc1ccc(C(=O)NC(C)CCC(=O)NC=O)c(C=O)c1. The zero-order valence-electron chi connectivity index (χ0n) is 16.7. The molecule has 0 aromatic heterocycles. The predicted octanol–water partition coefficient (Wildman–Crippen LogP) is 1.27. The van der Waals surface area contributed by atoms with Crippen LogP contribution in [0.4, 0.5) is 4.79 Å². The number of aldehydes is 1. The second-order valence-corrected chi connectivity index (χ2v) is 6.60. The highest BCUT2D eigenvalue weighted by Gasteiger charge is 2.15. The highest BCUT2D eigenvalue weighted by atomic mass is 16.2. The first-order valence-corrected chi connectivity index (χ1v) is 9.54. The van der Waals surface area contributed by atoms with Gasteiger partial charge in [0.25, 0.3) is 5.91 Å². The maximum atomic E-state index is 12.4. The van der Waals surface area contributed by atoms with Crippen LogP contribution in [0.2, 0.25) is 0 Å². The predicted molar refractivity (Wildman–Crippen MR) is 107 cm³/mol. The van der Waals surface area contributed by atoms with Gasteiger partial charge in [0.2, 0.25) is 12.3 Å². The molecule has 158 valence electrons. The van der Waals surface area contributed by atoms with Crippen molar-refractivity contribution in [2.75, 3.05) is 6.54 Å². The van der Waals surface area contributed by atoms with Crippen LogP contribution in [0, 0.1) is 0 Å². The lowest BCUT2D eigenvalue weighted by atomic mass is 10.0. The Bertz CT molecular complexity index is 736. The number of carbonyl (C=O) groups is 5. The van der Waals surface area contributed by atoms with E-state index < -0.39 is 11.8 Å². The number of nitrogens with one attached hydrogen (secondary N) is 4. The molecule has 1 aromatic rings. The average molecular weight is 404 g/mol. The number of urea groups is 1. The molecular weight excluding hydrogens is 376 g/mol. The molecule has 0 saturated heterocycles. The molecule has 0 spiro atoms. The van der Waals surface area contributed by atoms with E-state index >= 15 is 0 Å². The van der Waals surface area contributed by atoms with Gasteiger partial charge in [-0.25, -0.2) is 4.79 Å². The molecule has 0 aliphatic heterocycles. The summed E-state index contributed by atoms with van der Waals surface area (Å²) in [6.45, 7) is 4.57. The molecule has 0 fully saturated rings. The van der Waals surface area contributed by atoms with Crippen LogP contribution in [0.25, 0.3) is 0 Å². The fourth-order valence-electron chi connectivity index (χ4n) is 2.51. The van der Waals surface area contributed by atoms with Crippen LogP contribution in [-0.4, -0.2) is 43.1 Å². The summed E-state index contributed by atoms with van der Waals surface area (Å²) in [6, 6.07) is 4.12. The van der Waals surface area contributed by atoms with Crippen molar-refractivity contribution in [3.63, 3.8) is 0 Å². The summed E-state index contributed by atoms with van der Waals surface area (Å²) >= 11 is 0. The van der Waals surface area contributed by atoms with Gasteiger partial charge in [-0.15, -0.1) is 0 Å². The molecule has 1 unspecified atom stereocenters. The van der Waals surface area contributed by atoms with Crippen LogP contribution in [-0.2, 0) is 16.1 Å². The number of imide groups is 1. The molecule has 9 heteroatoms. The van der Waals surface area contributed by atoms with Gasteiger partial charge >= 0.3 is 6.03 Å². The zero-order valence-corrected chi connectivity index (χ0v) is 16.7. The van der Waals surface area contributed by atoms with Gasteiger partial charge in [0.05, 0.1) is 0 Å². The molecule has 29 heavy (non-hydrogen) atoms. The largest absolute Gasteiger partial charge is 0.350 e. The Balaban J connectivity index is 2.62. The van der Waals surface area contributed by atoms with Crippen LogP contribution in [0.3, 0.4) is 0 Å². The summed E-state index contributed by atoms with van der Waals surface area (Å²) in [6.07, 6.45) is 3.21. The molecule has 0 aliphatic carbocycles. The number of hydrogen-bond donors (Lipinski definition) is 4. The zero-order chi connectivity index (χ0) is 21.6. The van der Waals surface area contributed by atoms with Gasteiger partial charge in [-0.05, 0) is 37.5 Å². The normalized spacial score (nSPS) is 11.1. The summed E-state index contributed by atoms with van der Waals surface area (Å²) in [4.78, 5) is 57.0. The van der Waals surface area contributed by atoms with Crippen molar-refractivity contribution >= 4 is 30.5 Å². The fourth-order valence-corrected chi connectivity index (χ4v) is 2.51. The third kappa shape index (κ3) is 9.00. The Morgan fingerprint density at radius 3 is 2.55 bits per heavy atom. The van der Waals surface area contributed by atoms with Crippen molar-refractivity contribution in [1.82, 2.24) is 21.3 Å². The molecule has 1 rings (SSSR count). The third-order valence-corrected chi connectivity index (χ3v) is 4.16. The molecule has 0 saturated carbocycles. The minimum Gasteiger partial charge on any atom is -0.350 e. The van der Waals surface area contributed by atoms with Crippen molar-refractivity contribution in [2.45, 2.75) is 52.1 Å². The summed E-state index contributed by atoms with van der Waals surface area (Å²) in [5, 5.41) is 10.2. The summed E-state index contributed by atoms with van der Waals surface area (Å²) in [5.74, 6) is -0.863. The maximum absolute atomic E-state index is 12.4. The lowest BCUT2D eigenvalue weighted by Crippen LogP contribution is -2.35. The van der Waals surface area contributed by atoms with Crippen LogP contribution < -0.4 is 21.3 Å². The van der Waals surface area contributed by atoms with Gasteiger partial charge in [-0.1, -0.05) is 19.4 Å². The molecule has 5 amide bonds. The van der Waals surface area contributed by atoms with E-state index in [-0.39, 0.29) is 36.2 Å². The van der Waals surface area contributed by atoms with Crippen molar-refractivity contribution in [3.05, 3.63) is 34.9 Å². The molecule has 0 heterocycles. The number of carbonyl (C=O) groups excluding carboxylic acids is 5. The lowest BCUT2D eigenvalue weighted by molar-refractivity contribution is -0.125. The molecule has 0 bridgehead atoms. The highest BCUT2D eigenvalue weighted by Crippen LogP contribution is 2.11. The first-order chi connectivity index (χ1) is 13.9. The average Bonchev–Trinajstić information content (AvgIpc) is 2.70. The monoisotopic (exact) mass is 404 g/mol. The van der Waals surface area contributed by atoms with Crippen molar-refractivity contribution in [3.8, 4) is 0 Å². The van der Waals surface area contributed by atoms with E-state index in [0.29, 0.717) is 31.2 Å². The number of rotatable bonds is 12. The van der Waals surface area contributed by atoms with E-state index in [2.05, 4.69) is 16.0 Å². The summed E-state index contributed by atoms with van der Waals surface area (Å²) in [5.41, 5.74) is 1.10. The summed E-state index contributed by atoms with van der Waals surface area (Å²) < 4.78 is 0. The lowest BCUT2D eigenvalue weighted by Gasteiger charge is -2.15. The summed E-state index contributed by atoms with van der Waals surface area (Å²) in [7, 11) is 0. The standard InChI is InChI=1S/C20H28N4O5/c1-3-4-9-21-20(29)22-11-15-6-7-17(16(10-15)12-25)19(28)24-14(2)5-8-18(27)23-13-26/h6-7,10,12-14H,3-5,8-9,11H2,1-2H3,(H,24,28)(H2,21,22,29)(H,23,26,27). The second kappa shape index (κ2) is 13.0. The van der Waals surface area contributed by atoms with Gasteiger partial charge in [-0.2, -0.15) is 0 Å². The van der Waals surface area contributed by atoms with Crippen molar-refractivity contribution < 1.29 is 24.0 Å². The Hall–Kier alpha value is -3.23. The van der Waals surface area contributed by atoms with Gasteiger partial charge in [0.15, 0.2) is 6.29 Å². The third-order valence-electron chi connectivity index (χ3n) is 4.16. The fraction of sp³-hybridized carbons (Fsp3) is 0.450. The van der Waals surface area contributed by atoms with Crippen LogP contribution in [0.5, 0.6) is 0 Å². The van der Waals surface area contributed by atoms with E-state index in [9.17, 15) is 24.0 Å². The molecule has 0 radical (unpaired) electrons. The Kier molecular flexibility index (Phi) is 10.7. The number of amides is 5. The van der Waals surface area contributed by atoms with E-state index in [1.54, 1.807) is 19.1 Å². The molecular formula is C20H28N4O5. The van der Waals surface area contributed by atoms with Crippen molar-refractivity contribution in [1.29, 1.82) is 0 Å². The number of benzene rings is 1. The molecule has 4 N–H and O–H groups in total. The second-order valence-electron chi connectivity index (χ2n) is 6.60. The Morgan fingerprint density at radius 1 is 1.14 bits per heavy atom. The minimum absolute atomic E-state index is 0.0889. The maximum Gasteiger partial charge on any atom is 0.315 e. The van der Waals surface area contributed by atoms with E-state index in [1.165, 1.54) is 6.07 Å². The number of unbranched alkanes of at least 4 members (excludes halogenated alkanes) is 1. The van der Waals surface area contributed by atoms with Gasteiger partial charge in [0, 0.05) is 36.7 Å².